The maximum atomic E-state index is 5.44. The van der Waals surface area contributed by atoms with Gasteiger partial charge in [0, 0.05) is 19.8 Å². The van der Waals surface area contributed by atoms with Crippen molar-refractivity contribution < 1.29 is 4.74 Å². The van der Waals surface area contributed by atoms with Crippen molar-refractivity contribution in [3.63, 3.8) is 0 Å². The van der Waals surface area contributed by atoms with E-state index in [0.29, 0.717) is 0 Å². The van der Waals surface area contributed by atoms with Gasteiger partial charge in [-0.2, -0.15) is 0 Å². The van der Waals surface area contributed by atoms with Crippen molar-refractivity contribution in [2.75, 3.05) is 45.9 Å². The Morgan fingerprint density at radius 1 is 1.28 bits per heavy atom. The third kappa shape index (κ3) is 4.87. The number of nitrogens with zero attached hydrogens (tertiary/aromatic N) is 1. The molecule has 2 aliphatic heterocycles. The van der Waals surface area contributed by atoms with E-state index in [1.165, 1.54) is 45.4 Å². The van der Waals surface area contributed by atoms with Gasteiger partial charge in [-0.15, -0.1) is 0 Å². The first kappa shape index (κ1) is 14.3. The van der Waals surface area contributed by atoms with Crippen molar-refractivity contribution in [1.29, 1.82) is 0 Å². The SMILES string of the molecule is CC(C)CNCC1CCN(CCC2CCOC2)C1. The molecule has 3 nitrogen and oxygen atoms in total. The summed E-state index contributed by atoms with van der Waals surface area (Å²) in [5.74, 6) is 2.48. The molecular formula is C15H30N2O. The Hall–Kier alpha value is -0.120. The van der Waals surface area contributed by atoms with E-state index >= 15 is 0 Å². The normalized spacial score (nSPS) is 29.5. The van der Waals surface area contributed by atoms with Crippen molar-refractivity contribution in [1.82, 2.24) is 10.2 Å². The summed E-state index contributed by atoms with van der Waals surface area (Å²) in [6.45, 7) is 12.8. The van der Waals surface area contributed by atoms with Crippen molar-refractivity contribution in [2.24, 2.45) is 17.8 Å². The zero-order valence-electron chi connectivity index (χ0n) is 12.2. The van der Waals surface area contributed by atoms with Crippen LogP contribution in [0.3, 0.4) is 0 Å². The standard InChI is InChI=1S/C15H30N2O/c1-13(2)9-16-10-15-4-7-17(11-15)6-3-14-5-8-18-12-14/h13-16H,3-12H2,1-2H3. The van der Waals surface area contributed by atoms with Crippen LogP contribution >= 0.6 is 0 Å². The Kier molecular flexibility index (Phi) is 5.93. The first-order valence-electron chi connectivity index (χ1n) is 7.75. The van der Waals surface area contributed by atoms with E-state index in [4.69, 9.17) is 4.74 Å². The lowest BCUT2D eigenvalue weighted by Gasteiger charge is -2.18. The van der Waals surface area contributed by atoms with Gasteiger partial charge in [0.1, 0.15) is 0 Å². The van der Waals surface area contributed by atoms with E-state index in [0.717, 1.165) is 37.5 Å². The van der Waals surface area contributed by atoms with Crippen LogP contribution in [0.4, 0.5) is 0 Å². The molecule has 0 aromatic heterocycles. The van der Waals surface area contributed by atoms with Crippen LogP contribution in [-0.2, 0) is 4.74 Å². The maximum absolute atomic E-state index is 5.44. The quantitative estimate of drug-likeness (QED) is 0.752. The molecule has 18 heavy (non-hydrogen) atoms. The Bertz CT molecular complexity index is 227. The molecular weight excluding hydrogens is 224 g/mol. The lowest BCUT2D eigenvalue weighted by atomic mass is 10.1. The fraction of sp³-hybridized carbons (Fsp3) is 1.00. The van der Waals surface area contributed by atoms with Crippen LogP contribution in [0.25, 0.3) is 0 Å². The van der Waals surface area contributed by atoms with Gasteiger partial charge in [0.2, 0.25) is 0 Å². The van der Waals surface area contributed by atoms with Crippen LogP contribution in [0.15, 0.2) is 0 Å². The summed E-state index contributed by atoms with van der Waals surface area (Å²) in [5.41, 5.74) is 0. The largest absolute Gasteiger partial charge is 0.381 e. The van der Waals surface area contributed by atoms with Gasteiger partial charge in [0.05, 0.1) is 0 Å². The molecule has 2 atom stereocenters. The highest BCUT2D eigenvalue weighted by molar-refractivity contribution is 4.78. The third-order valence-electron chi connectivity index (χ3n) is 4.23. The average molecular weight is 254 g/mol. The van der Waals surface area contributed by atoms with E-state index in [1.54, 1.807) is 0 Å². The molecule has 3 heteroatoms. The summed E-state index contributed by atoms with van der Waals surface area (Å²) in [7, 11) is 0. The second kappa shape index (κ2) is 7.46. The Morgan fingerprint density at radius 2 is 2.17 bits per heavy atom. The molecule has 1 N–H and O–H groups in total. The molecule has 2 saturated heterocycles. The van der Waals surface area contributed by atoms with Crippen molar-refractivity contribution in [3.05, 3.63) is 0 Å². The van der Waals surface area contributed by atoms with Crippen LogP contribution in [0.1, 0.15) is 33.1 Å². The second-order valence-corrected chi connectivity index (χ2v) is 6.53. The Balaban J connectivity index is 1.53. The third-order valence-corrected chi connectivity index (χ3v) is 4.23. The molecule has 0 amide bonds. The lowest BCUT2D eigenvalue weighted by Crippen LogP contribution is -2.29. The van der Waals surface area contributed by atoms with Crippen LogP contribution in [0.5, 0.6) is 0 Å². The number of hydrogen-bond donors (Lipinski definition) is 1. The molecule has 0 saturated carbocycles. The molecule has 0 radical (unpaired) electrons. The molecule has 0 aromatic rings. The van der Waals surface area contributed by atoms with E-state index in [-0.39, 0.29) is 0 Å². The van der Waals surface area contributed by atoms with E-state index in [9.17, 15) is 0 Å². The number of hydrogen-bond acceptors (Lipinski definition) is 3. The molecule has 0 spiro atoms. The first-order chi connectivity index (χ1) is 8.74. The first-order valence-corrected chi connectivity index (χ1v) is 7.75. The molecule has 0 aliphatic carbocycles. The van der Waals surface area contributed by atoms with E-state index in [2.05, 4.69) is 24.1 Å². The molecule has 2 heterocycles. The van der Waals surface area contributed by atoms with Gasteiger partial charge in [-0.1, -0.05) is 13.8 Å². The number of nitrogens with one attached hydrogen (secondary N) is 1. The fourth-order valence-electron chi connectivity index (χ4n) is 3.03. The minimum absolute atomic E-state index is 0.768. The van der Waals surface area contributed by atoms with E-state index < -0.39 is 0 Å². The average Bonchev–Trinajstić information content (AvgIpc) is 2.96. The molecule has 0 aromatic carbocycles. The zero-order valence-corrected chi connectivity index (χ0v) is 12.2. The molecule has 2 aliphatic rings. The second-order valence-electron chi connectivity index (χ2n) is 6.53. The summed E-state index contributed by atoms with van der Waals surface area (Å²) in [6, 6.07) is 0. The summed E-state index contributed by atoms with van der Waals surface area (Å²) >= 11 is 0. The van der Waals surface area contributed by atoms with Gasteiger partial charge in [0.15, 0.2) is 0 Å². The van der Waals surface area contributed by atoms with E-state index in [1.807, 2.05) is 0 Å². The summed E-state index contributed by atoms with van der Waals surface area (Å²) in [6.07, 6.45) is 4.01. The van der Waals surface area contributed by atoms with Crippen LogP contribution in [0.2, 0.25) is 0 Å². The predicted molar refractivity (Wildman–Crippen MR) is 75.8 cm³/mol. The lowest BCUT2D eigenvalue weighted by molar-refractivity contribution is 0.180. The molecule has 106 valence electrons. The summed E-state index contributed by atoms with van der Waals surface area (Å²) in [5, 5.41) is 3.60. The summed E-state index contributed by atoms with van der Waals surface area (Å²) in [4.78, 5) is 2.65. The van der Waals surface area contributed by atoms with Crippen LogP contribution in [-0.4, -0.2) is 50.8 Å². The topological polar surface area (TPSA) is 24.5 Å². The Labute approximate surface area is 112 Å². The van der Waals surface area contributed by atoms with Gasteiger partial charge >= 0.3 is 0 Å². The molecule has 0 bridgehead atoms. The van der Waals surface area contributed by atoms with Crippen molar-refractivity contribution in [3.8, 4) is 0 Å². The maximum Gasteiger partial charge on any atom is 0.0495 e. The predicted octanol–water partition coefficient (Wildman–Crippen LogP) is 1.98. The molecule has 2 rings (SSSR count). The van der Waals surface area contributed by atoms with Crippen molar-refractivity contribution in [2.45, 2.75) is 33.1 Å². The van der Waals surface area contributed by atoms with Gasteiger partial charge in [-0.05, 0) is 63.2 Å². The minimum Gasteiger partial charge on any atom is -0.381 e. The highest BCUT2D eigenvalue weighted by atomic mass is 16.5. The van der Waals surface area contributed by atoms with Crippen molar-refractivity contribution >= 4 is 0 Å². The monoisotopic (exact) mass is 254 g/mol. The highest BCUT2D eigenvalue weighted by Gasteiger charge is 2.23. The highest BCUT2D eigenvalue weighted by Crippen LogP contribution is 2.20. The molecule has 2 unspecified atom stereocenters. The number of ether oxygens (including phenoxy) is 1. The van der Waals surface area contributed by atoms with Crippen LogP contribution in [0, 0.1) is 17.8 Å². The fourth-order valence-corrected chi connectivity index (χ4v) is 3.03. The van der Waals surface area contributed by atoms with Gasteiger partial charge < -0.3 is 15.0 Å². The minimum atomic E-state index is 0.768. The van der Waals surface area contributed by atoms with Crippen LogP contribution < -0.4 is 5.32 Å². The Morgan fingerprint density at radius 3 is 2.89 bits per heavy atom. The smallest absolute Gasteiger partial charge is 0.0495 e. The zero-order chi connectivity index (χ0) is 12.8. The van der Waals surface area contributed by atoms with Gasteiger partial charge in [0.25, 0.3) is 0 Å². The number of likely N-dealkylation sites (tertiary alicyclic amines) is 1. The van der Waals surface area contributed by atoms with Gasteiger partial charge in [-0.3, -0.25) is 0 Å². The molecule has 2 fully saturated rings. The number of rotatable bonds is 7. The summed E-state index contributed by atoms with van der Waals surface area (Å²) < 4.78 is 5.44. The van der Waals surface area contributed by atoms with Gasteiger partial charge in [-0.25, -0.2) is 0 Å².